The van der Waals surface area contributed by atoms with Crippen LogP contribution in [-0.2, 0) is 0 Å². The van der Waals surface area contributed by atoms with Gasteiger partial charge in [-0.2, -0.15) is 0 Å². The summed E-state index contributed by atoms with van der Waals surface area (Å²) in [6.45, 7) is 7.36. The third-order valence-corrected chi connectivity index (χ3v) is 0.689. The average Bonchev–Trinajstić information content (AvgIpc) is 1.59. The van der Waals surface area contributed by atoms with E-state index in [2.05, 4.69) is 4.99 Å². The van der Waals surface area contributed by atoms with E-state index in [1.807, 2.05) is 13.8 Å². The molecule has 2 heteroatoms. The molecule has 0 aromatic heterocycles. The lowest BCUT2D eigenvalue weighted by Crippen LogP contribution is -2.20. The molecule has 0 atom stereocenters. The second kappa shape index (κ2) is 2.97. The summed E-state index contributed by atoms with van der Waals surface area (Å²) in [5, 5.41) is 9.12. The van der Waals surface area contributed by atoms with Gasteiger partial charge < -0.3 is 5.11 Å². The molecule has 0 amide bonds. The number of aliphatic imine (C=N–C) groups is 1. The van der Waals surface area contributed by atoms with Crippen LogP contribution >= 0.6 is 0 Å². The minimum absolute atomic E-state index is 0.274. The molecule has 9 heavy (non-hydrogen) atoms. The fourth-order valence-corrected chi connectivity index (χ4v) is 0.331. The lowest BCUT2D eigenvalue weighted by Gasteiger charge is -2.09. The van der Waals surface area contributed by atoms with E-state index in [1.165, 1.54) is 0 Å². The van der Waals surface area contributed by atoms with Gasteiger partial charge in [-0.3, -0.25) is 4.99 Å². The minimum atomic E-state index is -0.760. The number of aliphatic hydroxyl groups is 1. The Morgan fingerprint density at radius 3 is 2.00 bits per heavy atom. The van der Waals surface area contributed by atoms with Gasteiger partial charge in [-0.25, -0.2) is 0 Å². The molecule has 0 radical (unpaired) electrons. The molecule has 54 valence electrons. The summed E-state index contributed by atoms with van der Waals surface area (Å²) in [7, 11) is 0. The fourth-order valence-electron chi connectivity index (χ4n) is 0.331. The molecule has 0 bridgehead atoms. The summed E-state index contributed by atoms with van der Waals surface area (Å²) < 4.78 is 0. The molecule has 0 saturated heterocycles. The maximum atomic E-state index is 9.12. The first-order chi connectivity index (χ1) is 3.92. The Bertz CT molecular complexity index is 100.0. The first-order valence-corrected chi connectivity index (χ1v) is 3.18. The van der Waals surface area contributed by atoms with Gasteiger partial charge in [0.2, 0.25) is 0 Å². The van der Waals surface area contributed by atoms with Crippen LogP contribution < -0.4 is 0 Å². The Hall–Kier alpha value is -0.370. The molecule has 0 aromatic carbocycles. The normalized spacial score (nSPS) is 13.6. The smallest absolute Gasteiger partial charge is 0.0936 e. The molecule has 2 nitrogen and oxygen atoms in total. The van der Waals surface area contributed by atoms with E-state index in [-0.39, 0.29) is 6.04 Å². The SMILES string of the molecule is CC(C)N=CC(C)(C)O. The summed E-state index contributed by atoms with van der Waals surface area (Å²) in [4.78, 5) is 4.02. The number of rotatable bonds is 2. The van der Waals surface area contributed by atoms with Gasteiger partial charge in [0.1, 0.15) is 0 Å². The van der Waals surface area contributed by atoms with Crippen molar-refractivity contribution in [2.45, 2.75) is 39.3 Å². The van der Waals surface area contributed by atoms with Crippen molar-refractivity contribution in [3.63, 3.8) is 0 Å². The molecule has 0 aliphatic heterocycles. The first-order valence-electron chi connectivity index (χ1n) is 3.18. The summed E-state index contributed by atoms with van der Waals surface area (Å²) in [6.07, 6.45) is 1.57. The van der Waals surface area contributed by atoms with Gasteiger partial charge in [0, 0.05) is 12.3 Å². The van der Waals surface area contributed by atoms with E-state index in [4.69, 9.17) is 5.11 Å². The third-order valence-electron chi connectivity index (χ3n) is 0.689. The van der Waals surface area contributed by atoms with Gasteiger partial charge in [0.05, 0.1) is 5.60 Å². The molecule has 0 saturated carbocycles. The second-order valence-corrected chi connectivity index (χ2v) is 3.03. The number of hydrogen-bond acceptors (Lipinski definition) is 2. The molecular formula is C7H15NO. The molecule has 0 fully saturated rings. The highest BCUT2D eigenvalue weighted by atomic mass is 16.3. The van der Waals surface area contributed by atoms with Crippen LogP contribution in [0.15, 0.2) is 4.99 Å². The van der Waals surface area contributed by atoms with Gasteiger partial charge in [-0.15, -0.1) is 0 Å². The van der Waals surface area contributed by atoms with E-state index in [0.29, 0.717) is 0 Å². The Morgan fingerprint density at radius 2 is 1.89 bits per heavy atom. The Labute approximate surface area is 56.6 Å². The van der Waals surface area contributed by atoms with E-state index >= 15 is 0 Å². The zero-order chi connectivity index (χ0) is 7.49. The van der Waals surface area contributed by atoms with Gasteiger partial charge in [0.15, 0.2) is 0 Å². The van der Waals surface area contributed by atoms with Crippen LogP contribution in [0.5, 0.6) is 0 Å². The fraction of sp³-hybridized carbons (Fsp3) is 0.857. The Morgan fingerprint density at radius 1 is 1.44 bits per heavy atom. The van der Waals surface area contributed by atoms with Crippen molar-refractivity contribution in [1.82, 2.24) is 0 Å². The number of hydrogen-bond donors (Lipinski definition) is 1. The van der Waals surface area contributed by atoms with Crippen molar-refractivity contribution < 1.29 is 5.11 Å². The van der Waals surface area contributed by atoms with Crippen molar-refractivity contribution in [3.8, 4) is 0 Å². The van der Waals surface area contributed by atoms with Crippen LogP contribution in [0.4, 0.5) is 0 Å². The molecule has 0 heterocycles. The zero-order valence-electron chi connectivity index (χ0n) is 6.55. The molecule has 0 spiro atoms. The Kier molecular flexibility index (Phi) is 2.85. The van der Waals surface area contributed by atoms with Crippen molar-refractivity contribution in [2.24, 2.45) is 4.99 Å². The van der Waals surface area contributed by atoms with Crippen LogP contribution in [-0.4, -0.2) is 23.0 Å². The van der Waals surface area contributed by atoms with Crippen LogP contribution in [0.3, 0.4) is 0 Å². The van der Waals surface area contributed by atoms with Crippen LogP contribution in [0.2, 0.25) is 0 Å². The predicted molar refractivity (Wildman–Crippen MR) is 39.9 cm³/mol. The molecular weight excluding hydrogens is 114 g/mol. The molecule has 0 aliphatic rings. The topological polar surface area (TPSA) is 32.6 Å². The largest absolute Gasteiger partial charge is 0.385 e. The van der Waals surface area contributed by atoms with Gasteiger partial charge in [-0.1, -0.05) is 0 Å². The van der Waals surface area contributed by atoms with Crippen LogP contribution in [0, 0.1) is 0 Å². The van der Waals surface area contributed by atoms with E-state index in [0.717, 1.165) is 0 Å². The molecule has 1 N–H and O–H groups in total. The lowest BCUT2D eigenvalue weighted by atomic mass is 10.2. The summed E-state index contributed by atoms with van der Waals surface area (Å²) in [6, 6.07) is 0.274. The van der Waals surface area contributed by atoms with E-state index in [9.17, 15) is 0 Å². The van der Waals surface area contributed by atoms with Crippen LogP contribution in [0.25, 0.3) is 0 Å². The summed E-state index contributed by atoms with van der Waals surface area (Å²) in [5.74, 6) is 0. The summed E-state index contributed by atoms with van der Waals surface area (Å²) in [5.41, 5.74) is -0.760. The zero-order valence-corrected chi connectivity index (χ0v) is 6.55. The predicted octanol–water partition coefficient (Wildman–Crippen LogP) is 1.24. The first kappa shape index (κ1) is 8.63. The molecule has 0 aromatic rings. The van der Waals surface area contributed by atoms with Gasteiger partial charge in [0.25, 0.3) is 0 Å². The van der Waals surface area contributed by atoms with Crippen LogP contribution in [0.1, 0.15) is 27.7 Å². The van der Waals surface area contributed by atoms with Crippen molar-refractivity contribution in [2.75, 3.05) is 0 Å². The Balaban J connectivity index is 3.71. The van der Waals surface area contributed by atoms with Crippen molar-refractivity contribution in [1.29, 1.82) is 0 Å². The van der Waals surface area contributed by atoms with Crippen molar-refractivity contribution in [3.05, 3.63) is 0 Å². The van der Waals surface area contributed by atoms with E-state index in [1.54, 1.807) is 20.1 Å². The molecule has 0 aliphatic carbocycles. The molecule has 0 unspecified atom stereocenters. The molecule has 0 rings (SSSR count). The average molecular weight is 129 g/mol. The quantitative estimate of drug-likeness (QED) is 0.559. The maximum absolute atomic E-state index is 9.12. The lowest BCUT2D eigenvalue weighted by molar-refractivity contribution is 0.159. The highest BCUT2D eigenvalue weighted by molar-refractivity contribution is 5.66. The second-order valence-electron chi connectivity index (χ2n) is 3.03. The highest BCUT2D eigenvalue weighted by Crippen LogP contribution is 1.96. The monoisotopic (exact) mass is 129 g/mol. The van der Waals surface area contributed by atoms with E-state index < -0.39 is 5.60 Å². The van der Waals surface area contributed by atoms with Gasteiger partial charge >= 0.3 is 0 Å². The highest BCUT2D eigenvalue weighted by Gasteiger charge is 2.06. The minimum Gasteiger partial charge on any atom is -0.385 e. The summed E-state index contributed by atoms with van der Waals surface area (Å²) >= 11 is 0. The van der Waals surface area contributed by atoms with Crippen molar-refractivity contribution >= 4 is 6.21 Å². The number of nitrogens with zero attached hydrogens (tertiary/aromatic N) is 1. The van der Waals surface area contributed by atoms with Gasteiger partial charge in [-0.05, 0) is 27.7 Å². The standard InChI is InChI=1S/C7H15NO/c1-6(2)8-5-7(3,4)9/h5-6,9H,1-4H3. The third kappa shape index (κ3) is 7.63. The maximum Gasteiger partial charge on any atom is 0.0936 e.